The first-order valence-corrected chi connectivity index (χ1v) is 8.90. The molecule has 0 bridgehead atoms. The third-order valence-corrected chi connectivity index (χ3v) is 5.73. The van der Waals surface area contributed by atoms with Crippen LogP contribution in [-0.2, 0) is 4.79 Å². The SMILES string of the molecule is Cc1ccc(SC(Sc2ccc(C)cc2)C(=O)[C@H](C)O)cc1. The van der Waals surface area contributed by atoms with E-state index in [-0.39, 0.29) is 10.4 Å². The van der Waals surface area contributed by atoms with Crippen molar-refractivity contribution in [3.63, 3.8) is 0 Å². The first kappa shape index (κ1) is 17.1. The van der Waals surface area contributed by atoms with Crippen LogP contribution in [0.25, 0.3) is 0 Å². The highest BCUT2D eigenvalue weighted by atomic mass is 32.2. The predicted molar refractivity (Wildman–Crippen MR) is 94.5 cm³/mol. The lowest BCUT2D eigenvalue weighted by Gasteiger charge is -2.17. The van der Waals surface area contributed by atoms with Crippen molar-refractivity contribution >= 4 is 29.3 Å². The van der Waals surface area contributed by atoms with E-state index in [1.807, 2.05) is 62.4 Å². The normalized spacial score (nSPS) is 12.4. The van der Waals surface area contributed by atoms with Gasteiger partial charge in [0.2, 0.25) is 0 Å². The molecule has 0 saturated heterocycles. The lowest BCUT2D eigenvalue weighted by atomic mass is 10.2. The van der Waals surface area contributed by atoms with E-state index in [9.17, 15) is 9.90 Å². The van der Waals surface area contributed by atoms with Crippen LogP contribution in [0.5, 0.6) is 0 Å². The summed E-state index contributed by atoms with van der Waals surface area (Å²) in [5.41, 5.74) is 2.38. The molecule has 0 heterocycles. The Balaban J connectivity index is 2.17. The predicted octanol–water partition coefficient (Wildman–Crippen LogP) is 4.46. The van der Waals surface area contributed by atoms with Gasteiger partial charge in [-0.15, -0.1) is 23.5 Å². The van der Waals surface area contributed by atoms with Gasteiger partial charge in [0, 0.05) is 9.79 Å². The summed E-state index contributed by atoms with van der Waals surface area (Å²) in [5.74, 6) is -0.156. The maximum Gasteiger partial charge on any atom is 0.184 e. The average molecular weight is 332 g/mol. The van der Waals surface area contributed by atoms with Gasteiger partial charge in [0.05, 0.1) is 0 Å². The molecule has 0 amide bonds. The number of aliphatic hydroxyl groups is 1. The Hall–Kier alpha value is -1.23. The molecule has 0 aliphatic rings. The van der Waals surface area contributed by atoms with Crippen molar-refractivity contribution in [2.24, 2.45) is 0 Å². The number of thioether (sulfide) groups is 2. The summed E-state index contributed by atoms with van der Waals surface area (Å²) in [6.07, 6.45) is -0.958. The van der Waals surface area contributed by atoms with Crippen molar-refractivity contribution in [1.29, 1.82) is 0 Å². The second-order valence-corrected chi connectivity index (χ2v) is 7.93. The fourth-order valence-corrected chi connectivity index (χ4v) is 4.38. The van der Waals surface area contributed by atoms with E-state index in [2.05, 4.69) is 0 Å². The Morgan fingerprint density at radius 3 is 1.55 bits per heavy atom. The molecular weight excluding hydrogens is 312 g/mol. The van der Waals surface area contributed by atoms with Crippen LogP contribution in [0.1, 0.15) is 18.1 Å². The monoisotopic (exact) mass is 332 g/mol. The van der Waals surface area contributed by atoms with Crippen LogP contribution < -0.4 is 0 Å². The highest BCUT2D eigenvalue weighted by molar-refractivity contribution is 8.18. The van der Waals surface area contributed by atoms with Crippen molar-refractivity contribution < 1.29 is 9.90 Å². The molecule has 0 fully saturated rings. The van der Waals surface area contributed by atoms with Gasteiger partial charge in [0.15, 0.2) is 5.78 Å². The average Bonchev–Trinajstić information content (AvgIpc) is 2.50. The summed E-state index contributed by atoms with van der Waals surface area (Å²) in [7, 11) is 0. The Morgan fingerprint density at radius 1 is 0.864 bits per heavy atom. The molecule has 0 spiro atoms. The van der Waals surface area contributed by atoms with Gasteiger partial charge < -0.3 is 5.11 Å². The lowest BCUT2D eigenvalue weighted by molar-refractivity contribution is -0.124. The zero-order chi connectivity index (χ0) is 16.1. The minimum absolute atomic E-state index is 0.156. The number of carbonyl (C=O) groups is 1. The number of ketones is 1. The molecule has 0 aliphatic carbocycles. The molecule has 0 saturated carbocycles. The van der Waals surface area contributed by atoms with E-state index < -0.39 is 6.10 Å². The first-order valence-electron chi connectivity index (χ1n) is 7.14. The summed E-state index contributed by atoms with van der Waals surface area (Å²) in [4.78, 5) is 14.4. The van der Waals surface area contributed by atoms with Crippen LogP contribution in [-0.4, -0.2) is 21.6 Å². The molecular formula is C18H20O2S2. The van der Waals surface area contributed by atoms with Crippen molar-refractivity contribution in [2.45, 2.75) is 41.2 Å². The van der Waals surface area contributed by atoms with E-state index in [1.54, 1.807) is 0 Å². The van der Waals surface area contributed by atoms with Gasteiger partial charge in [-0.2, -0.15) is 0 Å². The zero-order valence-corrected chi connectivity index (χ0v) is 14.6. The van der Waals surface area contributed by atoms with Gasteiger partial charge in [0.1, 0.15) is 10.7 Å². The molecule has 22 heavy (non-hydrogen) atoms. The van der Waals surface area contributed by atoms with E-state index in [0.717, 1.165) is 9.79 Å². The summed E-state index contributed by atoms with van der Waals surface area (Å²) in [5, 5.41) is 9.66. The van der Waals surface area contributed by atoms with E-state index in [4.69, 9.17) is 0 Å². The number of aryl methyl sites for hydroxylation is 2. The van der Waals surface area contributed by atoms with Crippen molar-refractivity contribution in [1.82, 2.24) is 0 Å². The fraction of sp³-hybridized carbons (Fsp3) is 0.278. The van der Waals surface area contributed by atoms with Crippen LogP contribution in [0, 0.1) is 13.8 Å². The maximum absolute atomic E-state index is 12.3. The zero-order valence-electron chi connectivity index (χ0n) is 12.9. The molecule has 1 N–H and O–H groups in total. The van der Waals surface area contributed by atoms with Crippen molar-refractivity contribution in [3.05, 3.63) is 59.7 Å². The standard InChI is InChI=1S/C18H20O2S2/c1-12-4-8-15(9-5-12)21-18(17(20)14(3)19)22-16-10-6-13(2)7-11-16/h4-11,14,18-19H,1-3H3/t14-/m0/s1. The van der Waals surface area contributed by atoms with Crippen LogP contribution in [0.3, 0.4) is 0 Å². The van der Waals surface area contributed by atoms with E-state index in [1.165, 1.54) is 41.6 Å². The third-order valence-electron chi connectivity index (χ3n) is 3.17. The number of rotatable bonds is 6. The number of Topliss-reactive ketones (excluding diaryl/α,β-unsaturated/α-hetero) is 1. The molecule has 116 valence electrons. The quantitative estimate of drug-likeness (QED) is 0.626. The van der Waals surface area contributed by atoms with Crippen LogP contribution in [0.15, 0.2) is 58.3 Å². The molecule has 2 rings (SSSR count). The van der Waals surface area contributed by atoms with Crippen LogP contribution in [0.4, 0.5) is 0 Å². The Kier molecular flexibility index (Phi) is 6.12. The number of benzene rings is 2. The lowest BCUT2D eigenvalue weighted by Crippen LogP contribution is -2.25. The number of hydrogen-bond donors (Lipinski definition) is 1. The summed E-state index contributed by atoms with van der Waals surface area (Å²) >= 11 is 2.97. The molecule has 0 unspecified atom stereocenters. The Morgan fingerprint density at radius 2 is 1.23 bits per heavy atom. The maximum atomic E-state index is 12.3. The minimum Gasteiger partial charge on any atom is -0.386 e. The molecule has 0 radical (unpaired) electrons. The van der Waals surface area contributed by atoms with Gasteiger partial charge in [-0.05, 0) is 45.0 Å². The molecule has 0 aromatic heterocycles. The highest BCUT2D eigenvalue weighted by Gasteiger charge is 2.24. The number of aliphatic hydroxyl groups excluding tert-OH is 1. The number of hydrogen-bond acceptors (Lipinski definition) is 4. The molecule has 0 aliphatic heterocycles. The van der Waals surface area contributed by atoms with E-state index in [0.29, 0.717) is 0 Å². The van der Waals surface area contributed by atoms with Gasteiger partial charge in [-0.1, -0.05) is 35.4 Å². The van der Waals surface area contributed by atoms with E-state index >= 15 is 0 Å². The molecule has 4 heteroatoms. The van der Waals surface area contributed by atoms with Crippen molar-refractivity contribution in [2.75, 3.05) is 0 Å². The summed E-state index contributed by atoms with van der Waals surface area (Å²) in [6.45, 7) is 5.60. The second-order valence-electron chi connectivity index (χ2n) is 5.27. The molecule has 1 atom stereocenters. The third kappa shape index (κ3) is 4.90. The molecule has 2 aromatic carbocycles. The van der Waals surface area contributed by atoms with Crippen molar-refractivity contribution in [3.8, 4) is 0 Å². The molecule has 2 nitrogen and oxygen atoms in total. The number of carbonyl (C=O) groups excluding carboxylic acids is 1. The topological polar surface area (TPSA) is 37.3 Å². The summed E-state index contributed by atoms with van der Waals surface area (Å²) in [6, 6.07) is 16.2. The minimum atomic E-state index is -0.958. The fourth-order valence-electron chi connectivity index (χ4n) is 1.82. The molecule has 2 aromatic rings. The van der Waals surface area contributed by atoms with Crippen LogP contribution in [0.2, 0.25) is 0 Å². The second kappa shape index (κ2) is 7.86. The first-order chi connectivity index (χ1) is 10.5. The Labute approximate surface area is 140 Å². The highest BCUT2D eigenvalue weighted by Crippen LogP contribution is 2.36. The van der Waals surface area contributed by atoms with Gasteiger partial charge in [-0.3, -0.25) is 4.79 Å². The Bertz CT molecular complexity index is 571. The summed E-state index contributed by atoms with van der Waals surface area (Å²) < 4.78 is -0.356. The smallest absolute Gasteiger partial charge is 0.184 e. The van der Waals surface area contributed by atoms with Gasteiger partial charge in [0.25, 0.3) is 0 Å². The van der Waals surface area contributed by atoms with Gasteiger partial charge >= 0.3 is 0 Å². The van der Waals surface area contributed by atoms with Gasteiger partial charge in [-0.25, -0.2) is 0 Å². The van der Waals surface area contributed by atoms with Crippen LogP contribution >= 0.6 is 23.5 Å². The largest absolute Gasteiger partial charge is 0.386 e.